The van der Waals surface area contributed by atoms with Crippen molar-refractivity contribution in [2.45, 2.75) is 25.8 Å². The van der Waals surface area contributed by atoms with E-state index in [0.29, 0.717) is 6.04 Å². The monoisotopic (exact) mass is 215 g/mol. The van der Waals surface area contributed by atoms with Gasteiger partial charge in [-0.3, -0.25) is 0 Å². The average molecular weight is 215 g/mol. The molecule has 1 aliphatic heterocycles. The molecule has 0 unspecified atom stereocenters. The summed E-state index contributed by atoms with van der Waals surface area (Å²) in [6, 6.07) is 7.04. The number of aromatic nitrogens is 2. The summed E-state index contributed by atoms with van der Waals surface area (Å²) in [6.45, 7) is 4.36. The zero-order valence-corrected chi connectivity index (χ0v) is 9.61. The number of aryl methyl sites for hydroxylation is 1. The molecule has 2 aromatic rings. The van der Waals surface area contributed by atoms with Crippen LogP contribution in [0.2, 0.25) is 0 Å². The van der Waals surface area contributed by atoms with Gasteiger partial charge in [-0.05, 0) is 44.0 Å². The summed E-state index contributed by atoms with van der Waals surface area (Å²) in [4.78, 5) is 4.47. The topological polar surface area (TPSA) is 29.9 Å². The van der Waals surface area contributed by atoms with Gasteiger partial charge in [-0.1, -0.05) is 6.07 Å². The van der Waals surface area contributed by atoms with Crippen molar-refractivity contribution in [1.29, 1.82) is 0 Å². The molecule has 3 nitrogen and oxygen atoms in total. The molecule has 0 aliphatic carbocycles. The Labute approximate surface area is 95.5 Å². The molecule has 1 aromatic heterocycles. The molecular weight excluding hydrogens is 198 g/mol. The Kier molecular flexibility index (Phi) is 2.40. The number of imidazole rings is 1. The van der Waals surface area contributed by atoms with E-state index >= 15 is 0 Å². The smallest absolute Gasteiger partial charge is 0.0961 e. The normalized spacial score (nSPS) is 21.4. The number of nitrogens with zero attached hydrogens (tertiary/aromatic N) is 2. The molecule has 1 fully saturated rings. The van der Waals surface area contributed by atoms with Gasteiger partial charge in [-0.15, -0.1) is 0 Å². The van der Waals surface area contributed by atoms with Crippen molar-refractivity contribution in [2.75, 3.05) is 13.1 Å². The van der Waals surface area contributed by atoms with Gasteiger partial charge < -0.3 is 9.88 Å². The maximum absolute atomic E-state index is 4.47. The molecule has 0 saturated carbocycles. The van der Waals surface area contributed by atoms with E-state index in [0.717, 1.165) is 18.6 Å². The fourth-order valence-electron chi connectivity index (χ4n) is 2.50. The van der Waals surface area contributed by atoms with Gasteiger partial charge in [0.15, 0.2) is 0 Å². The minimum atomic E-state index is 0.570. The predicted octanol–water partition coefficient (Wildman–Crippen LogP) is 2.27. The standard InChI is InChI=1S/C13H17N3/c1-10-4-5-12-13(7-10)16(9-15-12)11-3-2-6-14-8-11/h4-5,7,9,11,14H,2-3,6,8H2,1H3/t11-/m0/s1. The van der Waals surface area contributed by atoms with Gasteiger partial charge in [0.2, 0.25) is 0 Å². The van der Waals surface area contributed by atoms with Crippen molar-refractivity contribution in [3.8, 4) is 0 Å². The molecular formula is C13H17N3. The molecule has 1 aliphatic rings. The van der Waals surface area contributed by atoms with Gasteiger partial charge in [0.1, 0.15) is 0 Å². The molecule has 0 amide bonds. The number of fused-ring (bicyclic) bond motifs is 1. The van der Waals surface area contributed by atoms with Crippen LogP contribution in [0.15, 0.2) is 24.5 Å². The van der Waals surface area contributed by atoms with Crippen molar-refractivity contribution < 1.29 is 0 Å². The zero-order valence-electron chi connectivity index (χ0n) is 9.61. The van der Waals surface area contributed by atoms with Gasteiger partial charge in [0, 0.05) is 12.6 Å². The van der Waals surface area contributed by atoms with Crippen LogP contribution in [0.5, 0.6) is 0 Å². The Hall–Kier alpha value is -1.35. The van der Waals surface area contributed by atoms with Crippen LogP contribution in [0.3, 0.4) is 0 Å². The Morgan fingerprint density at radius 3 is 3.19 bits per heavy atom. The average Bonchev–Trinajstić information content (AvgIpc) is 2.73. The van der Waals surface area contributed by atoms with Crippen LogP contribution in [0, 0.1) is 6.92 Å². The first kappa shape index (κ1) is 9.85. The van der Waals surface area contributed by atoms with Gasteiger partial charge in [-0.25, -0.2) is 4.98 Å². The van der Waals surface area contributed by atoms with Crippen LogP contribution < -0.4 is 5.32 Å². The number of benzene rings is 1. The second-order valence-corrected chi connectivity index (χ2v) is 4.64. The molecule has 16 heavy (non-hydrogen) atoms. The molecule has 1 N–H and O–H groups in total. The fraction of sp³-hybridized carbons (Fsp3) is 0.462. The third-order valence-electron chi connectivity index (χ3n) is 3.39. The lowest BCUT2D eigenvalue weighted by molar-refractivity contribution is 0.378. The van der Waals surface area contributed by atoms with Crippen molar-refractivity contribution in [2.24, 2.45) is 0 Å². The third kappa shape index (κ3) is 1.61. The molecule has 0 spiro atoms. The number of hydrogen-bond donors (Lipinski definition) is 1. The summed E-state index contributed by atoms with van der Waals surface area (Å²) in [5.74, 6) is 0. The van der Waals surface area contributed by atoms with Crippen LogP contribution in [0.4, 0.5) is 0 Å². The van der Waals surface area contributed by atoms with Gasteiger partial charge >= 0.3 is 0 Å². The van der Waals surface area contributed by atoms with E-state index in [1.807, 2.05) is 6.33 Å². The summed E-state index contributed by atoms with van der Waals surface area (Å²) < 4.78 is 2.33. The molecule has 3 heteroatoms. The minimum absolute atomic E-state index is 0.570. The largest absolute Gasteiger partial charge is 0.326 e. The highest BCUT2D eigenvalue weighted by atomic mass is 15.1. The molecule has 2 heterocycles. The highest BCUT2D eigenvalue weighted by molar-refractivity contribution is 5.76. The lowest BCUT2D eigenvalue weighted by Gasteiger charge is -2.24. The van der Waals surface area contributed by atoms with Crippen molar-refractivity contribution in [1.82, 2.24) is 14.9 Å². The van der Waals surface area contributed by atoms with Crippen LogP contribution in [0.25, 0.3) is 11.0 Å². The third-order valence-corrected chi connectivity index (χ3v) is 3.39. The lowest BCUT2D eigenvalue weighted by Crippen LogP contribution is -2.31. The van der Waals surface area contributed by atoms with E-state index in [2.05, 4.69) is 40.0 Å². The van der Waals surface area contributed by atoms with Crippen molar-refractivity contribution >= 4 is 11.0 Å². The molecule has 1 saturated heterocycles. The molecule has 84 valence electrons. The fourth-order valence-corrected chi connectivity index (χ4v) is 2.50. The Bertz CT molecular complexity index is 495. The summed E-state index contributed by atoms with van der Waals surface area (Å²) in [5.41, 5.74) is 3.68. The molecule has 0 bridgehead atoms. The molecule has 0 radical (unpaired) electrons. The van der Waals surface area contributed by atoms with Crippen LogP contribution in [-0.4, -0.2) is 22.6 Å². The highest BCUT2D eigenvalue weighted by Crippen LogP contribution is 2.23. The molecule has 1 aromatic carbocycles. The van der Waals surface area contributed by atoms with E-state index in [-0.39, 0.29) is 0 Å². The summed E-state index contributed by atoms with van der Waals surface area (Å²) in [6.07, 6.45) is 4.50. The van der Waals surface area contributed by atoms with Crippen molar-refractivity contribution in [3.63, 3.8) is 0 Å². The first-order valence-electron chi connectivity index (χ1n) is 5.98. The summed E-state index contributed by atoms with van der Waals surface area (Å²) >= 11 is 0. The first-order chi connectivity index (χ1) is 7.84. The maximum Gasteiger partial charge on any atom is 0.0961 e. The number of piperidine rings is 1. The van der Waals surface area contributed by atoms with E-state index < -0.39 is 0 Å². The second kappa shape index (κ2) is 3.91. The Morgan fingerprint density at radius 1 is 1.44 bits per heavy atom. The van der Waals surface area contributed by atoms with Gasteiger partial charge in [0.25, 0.3) is 0 Å². The number of nitrogens with one attached hydrogen (secondary N) is 1. The van der Waals surface area contributed by atoms with Crippen LogP contribution >= 0.6 is 0 Å². The van der Waals surface area contributed by atoms with E-state index in [1.165, 1.54) is 23.9 Å². The van der Waals surface area contributed by atoms with Crippen LogP contribution in [-0.2, 0) is 0 Å². The zero-order chi connectivity index (χ0) is 11.0. The number of hydrogen-bond acceptors (Lipinski definition) is 2. The summed E-state index contributed by atoms with van der Waals surface area (Å²) in [5, 5.41) is 3.45. The van der Waals surface area contributed by atoms with E-state index in [1.54, 1.807) is 0 Å². The highest BCUT2D eigenvalue weighted by Gasteiger charge is 2.16. The summed E-state index contributed by atoms with van der Waals surface area (Å²) in [7, 11) is 0. The molecule has 1 atom stereocenters. The lowest BCUT2D eigenvalue weighted by atomic mass is 10.1. The first-order valence-corrected chi connectivity index (χ1v) is 5.98. The van der Waals surface area contributed by atoms with Crippen molar-refractivity contribution in [3.05, 3.63) is 30.1 Å². The van der Waals surface area contributed by atoms with Gasteiger partial charge in [-0.2, -0.15) is 0 Å². The maximum atomic E-state index is 4.47. The SMILES string of the molecule is Cc1ccc2ncn([C@H]3CCCNC3)c2c1. The Balaban J connectivity index is 2.05. The van der Waals surface area contributed by atoms with E-state index in [4.69, 9.17) is 0 Å². The van der Waals surface area contributed by atoms with Gasteiger partial charge in [0.05, 0.1) is 17.4 Å². The minimum Gasteiger partial charge on any atom is -0.326 e. The quantitative estimate of drug-likeness (QED) is 0.791. The molecule has 3 rings (SSSR count). The second-order valence-electron chi connectivity index (χ2n) is 4.64. The van der Waals surface area contributed by atoms with Crippen LogP contribution in [0.1, 0.15) is 24.4 Å². The number of rotatable bonds is 1. The van der Waals surface area contributed by atoms with E-state index in [9.17, 15) is 0 Å². The predicted molar refractivity (Wildman–Crippen MR) is 65.6 cm³/mol. The Morgan fingerprint density at radius 2 is 2.38 bits per heavy atom.